The lowest BCUT2D eigenvalue weighted by Gasteiger charge is -2.45. The second-order valence-electron chi connectivity index (χ2n) is 31.2. The third-order valence-electron chi connectivity index (χ3n) is 23.6. The van der Waals surface area contributed by atoms with Gasteiger partial charge in [0.1, 0.15) is 0 Å². The third kappa shape index (κ3) is 11.9. The first kappa shape index (κ1) is 55.9. The van der Waals surface area contributed by atoms with Crippen LogP contribution in [0.4, 0.5) is 22.7 Å². The summed E-state index contributed by atoms with van der Waals surface area (Å²) in [6.07, 6.45) is 2.14. The highest BCUT2D eigenvalue weighted by Crippen LogP contribution is 2.45. The Morgan fingerprint density at radius 1 is 0.301 bits per heavy atom. The zero-order chi connectivity index (χ0) is 85.7. The molecule has 0 saturated carbocycles. The van der Waals surface area contributed by atoms with E-state index >= 15 is 0 Å². The molecule has 540 valence electrons. The lowest BCUT2D eigenvalue weighted by atomic mass is 9.33. The molecule has 0 radical (unpaired) electrons. The van der Waals surface area contributed by atoms with Crippen LogP contribution >= 0.6 is 0 Å². The Bertz CT molecular complexity index is 7420. The molecule has 16 aromatic carbocycles. The van der Waals surface area contributed by atoms with Gasteiger partial charge in [-0.3, -0.25) is 0 Å². The number of benzene rings is 16. The molecule has 0 aliphatic carbocycles. The van der Waals surface area contributed by atoms with Crippen molar-refractivity contribution in [3.8, 4) is 55.9 Å². The summed E-state index contributed by atoms with van der Waals surface area (Å²) in [6.45, 7) is 7.49. The molecule has 2 aliphatic heterocycles. The number of aryl methyl sites for hydroxylation is 2. The van der Waals surface area contributed by atoms with Gasteiger partial charge in [-0.1, -0.05) is 306 Å². The monoisotopic (exact) mass is 1460 g/mol. The van der Waals surface area contributed by atoms with Crippen molar-refractivity contribution in [3.63, 3.8) is 0 Å². The van der Waals surface area contributed by atoms with E-state index in [-0.39, 0.29) is 70.0 Å². The second-order valence-corrected chi connectivity index (χ2v) is 31.2. The number of rotatable bonds is 17. The maximum absolute atomic E-state index is 9.96. The summed E-state index contributed by atoms with van der Waals surface area (Å²) in [5, 5.41) is 3.31. The molecule has 0 spiro atoms. The molecule has 0 N–H and O–H groups in total. The SMILES string of the molecule is [2H]c1c([2H])c([2H])c2c(c1[2H])c1cc(-n3c4ccccc4c4ccccc43)ccc1n2CCc1cc2c3c(c1)N(CCc1c(-c4ccccc4)cccc1-c1ccccc1)c1cc(Cc4cccc(C(C)(C)C)c4)ccc1B3c1ccc(-n3c4c([2H])c([2H])c([2H])c([2H])c4c4c([2H])c([2H])c([2H])c([2H])c43)cc1N2CCc1cc(-c2ccccc2)cc(-c2ccccc2)c1. The van der Waals surface area contributed by atoms with Gasteiger partial charge in [-0.2, -0.15) is 0 Å². The molecule has 19 aromatic rings. The van der Waals surface area contributed by atoms with Gasteiger partial charge in [0.2, 0.25) is 0 Å². The highest BCUT2D eigenvalue weighted by molar-refractivity contribution is 7.00. The van der Waals surface area contributed by atoms with Crippen LogP contribution in [0.3, 0.4) is 0 Å². The normalized spacial score (nSPS) is 14.1. The summed E-state index contributed by atoms with van der Waals surface area (Å²) < 4.78 is 120. The van der Waals surface area contributed by atoms with Gasteiger partial charge in [-0.05, 0) is 210 Å². The second kappa shape index (κ2) is 27.9. The van der Waals surface area contributed by atoms with Gasteiger partial charge in [0.05, 0.1) is 38.5 Å². The van der Waals surface area contributed by atoms with E-state index in [0.717, 1.165) is 133 Å². The number of para-hydroxylation sites is 5. The zero-order valence-corrected chi connectivity index (χ0v) is 63.1. The summed E-state index contributed by atoms with van der Waals surface area (Å²) >= 11 is 0. The smallest absolute Gasteiger partial charge is 0.252 e. The van der Waals surface area contributed by atoms with Crippen LogP contribution in [0.5, 0.6) is 0 Å². The first-order valence-electron chi connectivity index (χ1n) is 45.2. The fourth-order valence-corrected chi connectivity index (χ4v) is 18.3. The molecule has 0 fully saturated rings. The molecular weight excluding hydrogens is 1370 g/mol. The average molecular weight is 1460 g/mol. The highest BCUT2D eigenvalue weighted by atomic mass is 15.2. The van der Waals surface area contributed by atoms with Crippen LogP contribution in [0.15, 0.2) is 370 Å². The molecule has 5 nitrogen and oxygen atoms in total. The summed E-state index contributed by atoms with van der Waals surface area (Å²) in [4.78, 5) is 4.98. The first-order valence-corrected chi connectivity index (χ1v) is 39.2. The molecule has 2 aliphatic rings. The molecular formula is C107H84BN5. The van der Waals surface area contributed by atoms with E-state index in [1.807, 2.05) is 30.3 Å². The fraction of sp³-hybridized carbons (Fsp3) is 0.103. The van der Waals surface area contributed by atoms with Crippen molar-refractivity contribution >= 4 is 111 Å². The summed E-state index contributed by atoms with van der Waals surface area (Å²) in [5.41, 5.74) is 26.7. The quantitative estimate of drug-likeness (QED) is 0.0848. The molecule has 0 saturated heterocycles. The van der Waals surface area contributed by atoms with E-state index in [0.29, 0.717) is 60.7 Å². The van der Waals surface area contributed by atoms with Crippen LogP contribution < -0.4 is 26.2 Å². The Morgan fingerprint density at radius 2 is 0.761 bits per heavy atom. The standard InChI is InChI=1S/C107H84BN5/c1-107(2,3)82-37-26-28-72(65-82)62-73-50-53-94-102(66-73)111(61-58-87-85(78-33-12-6-13-34-78)43-27-44-86(87)79-35-14-7-15-36-79)105-68-75(57-59-109-96-45-21-16-42-92(96)93-70-83(52-55-97(93)109)112-98-46-22-17-38-88(98)89-39-18-23-47-99(89)112)67-104-106(105)108(94)95-54-51-84(113-100-48-24-19-40-90(100)91-41-20-25-49-101(91)113)71-103(95)110(104)60-56-74-63-80(76-29-8-4-9-30-76)69-81(64-74)77-31-10-5-11-32-77/h4-55,63-71H,56-62H2,1-3H3/i16D,19D,20D,21D,24D,25D,40D,41D,42D,45D,48D,49D. The molecule has 6 heteroatoms. The average Bonchev–Trinajstić information content (AvgIpc) is 1.19. The Labute approximate surface area is 678 Å². The maximum Gasteiger partial charge on any atom is 0.252 e. The number of aromatic nitrogens is 3. The highest BCUT2D eigenvalue weighted by Gasteiger charge is 2.43. The van der Waals surface area contributed by atoms with Crippen LogP contribution in [-0.4, -0.2) is 33.5 Å². The largest absolute Gasteiger partial charge is 0.342 e. The van der Waals surface area contributed by atoms with Crippen LogP contribution in [0.1, 0.15) is 70.6 Å². The van der Waals surface area contributed by atoms with E-state index in [2.05, 4.69) is 307 Å². The van der Waals surface area contributed by atoms with Gasteiger partial charge in [-0.15, -0.1) is 0 Å². The molecule has 0 unspecified atom stereocenters. The van der Waals surface area contributed by atoms with Crippen molar-refractivity contribution in [1.29, 1.82) is 0 Å². The minimum Gasteiger partial charge on any atom is -0.342 e. The van der Waals surface area contributed by atoms with Crippen LogP contribution in [0.2, 0.25) is 0 Å². The number of nitrogens with zero attached hydrogens (tertiary/aromatic N) is 5. The molecule has 0 amide bonds. The van der Waals surface area contributed by atoms with Crippen molar-refractivity contribution in [2.24, 2.45) is 0 Å². The number of anilines is 4. The van der Waals surface area contributed by atoms with Gasteiger partial charge in [-0.25, -0.2) is 0 Å². The molecule has 21 rings (SSSR count). The van der Waals surface area contributed by atoms with Gasteiger partial charge < -0.3 is 23.5 Å². The number of fused-ring (bicyclic) bond motifs is 13. The van der Waals surface area contributed by atoms with Crippen molar-refractivity contribution in [3.05, 3.63) is 403 Å². The minimum atomic E-state index is -0.517. The van der Waals surface area contributed by atoms with E-state index in [4.69, 9.17) is 2.74 Å². The van der Waals surface area contributed by atoms with Gasteiger partial charge >= 0.3 is 0 Å². The van der Waals surface area contributed by atoms with Crippen molar-refractivity contribution in [2.75, 3.05) is 22.9 Å². The van der Waals surface area contributed by atoms with Crippen molar-refractivity contribution < 1.29 is 16.4 Å². The minimum absolute atomic E-state index is 0.00774. The molecule has 113 heavy (non-hydrogen) atoms. The lowest BCUT2D eigenvalue weighted by molar-refractivity contribution is 0.589. The predicted octanol–water partition coefficient (Wildman–Crippen LogP) is 24.7. The van der Waals surface area contributed by atoms with E-state index in [1.54, 1.807) is 4.57 Å². The predicted molar refractivity (Wildman–Crippen MR) is 480 cm³/mol. The van der Waals surface area contributed by atoms with Crippen LogP contribution in [-0.2, 0) is 37.6 Å². The Balaban J connectivity index is 0.827. The van der Waals surface area contributed by atoms with Crippen molar-refractivity contribution in [2.45, 2.75) is 58.4 Å². The molecule has 0 atom stereocenters. The van der Waals surface area contributed by atoms with Gasteiger partial charge in [0, 0.05) is 97.1 Å². The number of hydrogen-bond acceptors (Lipinski definition) is 2. The first-order chi connectivity index (χ1) is 60.6. The van der Waals surface area contributed by atoms with E-state index in [1.165, 1.54) is 16.7 Å². The Kier molecular flexibility index (Phi) is 13.8. The van der Waals surface area contributed by atoms with Gasteiger partial charge in [0.15, 0.2) is 0 Å². The van der Waals surface area contributed by atoms with E-state index < -0.39 is 43.0 Å². The van der Waals surface area contributed by atoms with Crippen LogP contribution in [0, 0.1) is 0 Å². The van der Waals surface area contributed by atoms with Crippen LogP contribution in [0.25, 0.3) is 121 Å². The summed E-state index contributed by atoms with van der Waals surface area (Å²) in [5.74, 6) is 0. The Morgan fingerprint density at radius 3 is 1.36 bits per heavy atom. The van der Waals surface area contributed by atoms with Crippen molar-refractivity contribution in [1.82, 2.24) is 13.7 Å². The number of hydrogen-bond donors (Lipinski definition) is 0. The van der Waals surface area contributed by atoms with Gasteiger partial charge in [0.25, 0.3) is 6.71 Å². The summed E-state index contributed by atoms with van der Waals surface area (Å²) in [6, 6.07) is 101. The van der Waals surface area contributed by atoms with E-state index in [9.17, 15) is 13.7 Å². The molecule has 5 heterocycles. The fourth-order valence-electron chi connectivity index (χ4n) is 18.3. The molecule has 0 bridgehead atoms. The summed E-state index contributed by atoms with van der Waals surface area (Å²) in [7, 11) is 0. The third-order valence-corrected chi connectivity index (χ3v) is 23.6. The molecule has 3 aromatic heterocycles. The topological polar surface area (TPSA) is 21.3 Å². The maximum atomic E-state index is 9.96. The Hall–Kier alpha value is -13.4. The lowest BCUT2D eigenvalue weighted by Crippen LogP contribution is -2.62. The zero-order valence-electron chi connectivity index (χ0n) is 75.1.